The van der Waals surface area contributed by atoms with E-state index in [0.29, 0.717) is 13.2 Å². The zero-order valence-corrected chi connectivity index (χ0v) is 15.2. The maximum atomic E-state index is 12.6. The number of hydrogen-bond donors (Lipinski definition) is 1. The number of benzene rings is 2. The Kier molecular flexibility index (Phi) is 5.68. The van der Waals surface area contributed by atoms with Crippen LogP contribution in [0.5, 0.6) is 0 Å². The highest BCUT2D eigenvalue weighted by Gasteiger charge is 2.30. The summed E-state index contributed by atoms with van der Waals surface area (Å²) in [5.74, 6) is -0.105. The molecule has 26 heavy (non-hydrogen) atoms. The summed E-state index contributed by atoms with van der Waals surface area (Å²) < 4.78 is 5.13. The molecule has 0 spiro atoms. The molecule has 5 nitrogen and oxygen atoms in total. The fraction of sp³-hybridized carbons (Fsp3) is 0.333. The van der Waals surface area contributed by atoms with Crippen LogP contribution in [0, 0.1) is 0 Å². The lowest BCUT2D eigenvalue weighted by Crippen LogP contribution is -2.40. The van der Waals surface area contributed by atoms with Crippen molar-refractivity contribution >= 4 is 17.5 Å². The van der Waals surface area contributed by atoms with E-state index in [1.165, 1.54) is 5.56 Å². The van der Waals surface area contributed by atoms with Crippen molar-refractivity contribution in [3.05, 3.63) is 65.2 Å². The molecule has 1 aliphatic rings. The Morgan fingerprint density at radius 3 is 2.77 bits per heavy atom. The van der Waals surface area contributed by atoms with E-state index < -0.39 is 0 Å². The number of fused-ring (bicyclic) bond motifs is 1. The Hall–Kier alpha value is -2.66. The van der Waals surface area contributed by atoms with Gasteiger partial charge in [0.05, 0.1) is 19.1 Å². The lowest BCUT2D eigenvalue weighted by molar-refractivity contribution is -0.132. The lowest BCUT2D eigenvalue weighted by atomic mass is 9.90. The molecule has 1 unspecified atom stereocenters. The van der Waals surface area contributed by atoms with E-state index in [1.807, 2.05) is 42.5 Å². The number of ether oxygens (including phenoxy) is 1. The first kappa shape index (κ1) is 18.1. The van der Waals surface area contributed by atoms with E-state index in [-0.39, 0.29) is 24.3 Å². The Morgan fingerprint density at radius 1 is 1.19 bits per heavy atom. The van der Waals surface area contributed by atoms with Crippen molar-refractivity contribution in [3.63, 3.8) is 0 Å². The maximum absolute atomic E-state index is 12.6. The average Bonchev–Trinajstić information content (AvgIpc) is 2.62. The second-order valence-electron chi connectivity index (χ2n) is 6.56. The molecule has 1 N–H and O–H groups in total. The van der Waals surface area contributed by atoms with Crippen LogP contribution in [0.4, 0.5) is 5.69 Å². The molecule has 0 aromatic heterocycles. The number of carbonyl (C=O) groups excluding carboxylic acids is 2. The van der Waals surface area contributed by atoms with Gasteiger partial charge in [0.15, 0.2) is 0 Å². The van der Waals surface area contributed by atoms with Gasteiger partial charge in [-0.2, -0.15) is 0 Å². The van der Waals surface area contributed by atoms with E-state index in [0.717, 1.165) is 23.2 Å². The van der Waals surface area contributed by atoms with E-state index in [2.05, 4.69) is 11.4 Å². The Labute approximate surface area is 154 Å². The summed E-state index contributed by atoms with van der Waals surface area (Å²) in [7, 11) is 1.64. The molecule has 136 valence electrons. The predicted octanol–water partition coefficient (Wildman–Crippen LogP) is 3.31. The molecular formula is C21H24N2O3. The summed E-state index contributed by atoms with van der Waals surface area (Å²) in [6, 6.07) is 15.4. The Morgan fingerprint density at radius 2 is 2.00 bits per heavy atom. The fourth-order valence-corrected chi connectivity index (χ4v) is 3.54. The minimum atomic E-state index is -0.223. The van der Waals surface area contributed by atoms with Crippen LogP contribution in [0.15, 0.2) is 48.5 Å². The highest BCUT2D eigenvalue weighted by Crippen LogP contribution is 2.32. The number of nitrogens with one attached hydrogen (secondary N) is 1. The van der Waals surface area contributed by atoms with E-state index >= 15 is 0 Å². The highest BCUT2D eigenvalue weighted by atomic mass is 16.5. The van der Waals surface area contributed by atoms with Gasteiger partial charge in [-0.3, -0.25) is 9.59 Å². The summed E-state index contributed by atoms with van der Waals surface area (Å²) in [6.07, 6.45) is 1.07. The summed E-state index contributed by atoms with van der Waals surface area (Å²) in [5, 5.41) is 2.95. The first-order valence-electron chi connectivity index (χ1n) is 8.81. The van der Waals surface area contributed by atoms with Gasteiger partial charge in [-0.15, -0.1) is 0 Å². The molecule has 0 saturated carbocycles. The molecule has 2 aromatic rings. The third kappa shape index (κ3) is 4.11. The molecule has 5 heteroatoms. The van der Waals surface area contributed by atoms with Gasteiger partial charge in [0, 0.05) is 26.3 Å². The SMILES string of the molecule is COCc1cccc(NC(=O)CC2c3ccccc3CCN2C(C)=O)c1. The molecule has 0 saturated heterocycles. The summed E-state index contributed by atoms with van der Waals surface area (Å²) in [6.45, 7) is 2.71. The third-order valence-corrected chi connectivity index (χ3v) is 4.72. The van der Waals surface area contributed by atoms with Crippen LogP contribution in [0.1, 0.15) is 36.1 Å². The van der Waals surface area contributed by atoms with Gasteiger partial charge in [0.25, 0.3) is 0 Å². The molecule has 1 atom stereocenters. The van der Waals surface area contributed by atoms with Crippen LogP contribution in [0.25, 0.3) is 0 Å². The van der Waals surface area contributed by atoms with Crippen molar-refractivity contribution in [1.82, 2.24) is 4.90 Å². The maximum Gasteiger partial charge on any atom is 0.226 e. The van der Waals surface area contributed by atoms with Crippen molar-refractivity contribution in [1.29, 1.82) is 0 Å². The summed E-state index contributed by atoms with van der Waals surface area (Å²) in [4.78, 5) is 26.5. The largest absolute Gasteiger partial charge is 0.380 e. The molecule has 3 rings (SSSR count). The number of rotatable bonds is 5. The average molecular weight is 352 g/mol. The number of methoxy groups -OCH3 is 1. The van der Waals surface area contributed by atoms with Crippen LogP contribution < -0.4 is 5.32 Å². The van der Waals surface area contributed by atoms with Crippen molar-refractivity contribution < 1.29 is 14.3 Å². The number of carbonyl (C=O) groups is 2. The van der Waals surface area contributed by atoms with E-state index in [4.69, 9.17) is 4.74 Å². The van der Waals surface area contributed by atoms with Crippen LogP contribution >= 0.6 is 0 Å². The monoisotopic (exact) mass is 352 g/mol. The normalized spacial score (nSPS) is 16.1. The molecule has 0 radical (unpaired) electrons. The second-order valence-corrected chi connectivity index (χ2v) is 6.56. The molecule has 1 heterocycles. The van der Waals surface area contributed by atoms with Crippen LogP contribution in [-0.4, -0.2) is 30.4 Å². The molecule has 0 fully saturated rings. The Bertz CT molecular complexity index is 803. The zero-order chi connectivity index (χ0) is 18.5. The Balaban J connectivity index is 1.76. The number of nitrogens with zero attached hydrogens (tertiary/aromatic N) is 1. The van der Waals surface area contributed by atoms with Crippen molar-refractivity contribution in [2.45, 2.75) is 32.4 Å². The topological polar surface area (TPSA) is 58.6 Å². The quantitative estimate of drug-likeness (QED) is 0.898. The second kappa shape index (κ2) is 8.15. The first-order chi connectivity index (χ1) is 12.6. The minimum absolute atomic E-state index is 0.000560. The van der Waals surface area contributed by atoms with Gasteiger partial charge >= 0.3 is 0 Å². The first-order valence-corrected chi connectivity index (χ1v) is 8.81. The van der Waals surface area contributed by atoms with Gasteiger partial charge < -0.3 is 15.0 Å². The molecular weight excluding hydrogens is 328 g/mol. The standard InChI is InChI=1S/C21H24N2O3/c1-15(24)23-11-10-17-7-3-4-9-19(17)20(23)13-21(25)22-18-8-5-6-16(12-18)14-26-2/h3-9,12,20H,10-11,13-14H2,1-2H3,(H,22,25). The molecule has 2 amide bonds. The van der Waals surface area contributed by atoms with Crippen molar-refractivity contribution in [2.75, 3.05) is 19.0 Å². The smallest absolute Gasteiger partial charge is 0.226 e. The van der Waals surface area contributed by atoms with Crippen LogP contribution in [-0.2, 0) is 27.4 Å². The summed E-state index contributed by atoms with van der Waals surface area (Å²) in [5.41, 5.74) is 4.02. The number of anilines is 1. The van der Waals surface area contributed by atoms with Gasteiger partial charge in [0.1, 0.15) is 0 Å². The predicted molar refractivity (Wildman–Crippen MR) is 101 cm³/mol. The van der Waals surface area contributed by atoms with Gasteiger partial charge in [0.2, 0.25) is 11.8 Å². The van der Waals surface area contributed by atoms with E-state index in [1.54, 1.807) is 18.9 Å². The van der Waals surface area contributed by atoms with Crippen LogP contribution in [0.2, 0.25) is 0 Å². The summed E-state index contributed by atoms with van der Waals surface area (Å²) >= 11 is 0. The molecule has 2 aromatic carbocycles. The van der Waals surface area contributed by atoms with E-state index in [9.17, 15) is 9.59 Å². The van der Waals surface area contributed by atoms with Gasteiger partial charge in [-0.05, 0) is 35.2 Å². The molecule has 0 bridgehead atoms. The number of hydrogen-bond acceptors (Lipinski definition) is 3. The van der Waals surface area contributed by atoms with Crippen LogP contribution in [0.3, 0.4) is 0 Å². The van der Waals surface area contributed by atoms with Gasteiger partial charge in [-0.1, -0.05) is 36.4 Å². The van der Waals surface area contributed by atoms with Gasteiger partial charge in [-0.25, -0.2) is 0 Å². The lowest BCUT2D eigenvalue weighted by Gasteiger charge is -2.36. The fourth-order valence-electron chi connectivity index (χ4n) is 3.54. The highest BCUT2D eigenvalue weighted by molar-refractivity contribution is 5.91. The van der Waals surface area contributed by atoms with Crippen molar-refractivity contribution in [3.8, 4) is 0 Å². The zero-order valence-electron chi connectivity index (χ0n) is 15.2. The third-order valence-electron chi connectivity index (χ3n) is 4.72. The van der Waals surface area contributed by atoms with Crippen molar-refractivity contribution in [2.24, 2.45) is 0 Å². The molecule has 0 aliphatic carbocycles. The number of amides is 2. The molecule has 1 aliphatic heterocycles. The minimum Gasteiger partial charge on any atom is -0.380 e.